The van der Waals surface area contributed by atoms with Crippen LogP contribution in [0.25, 0.3) is 10.9 Å². The summed E-state index contributed by atoms with van der Waals surface area (Å²) in [5.41, 5.74) is 0.00240. The van der Waals surface area contributed by atoms with Crippen LogP contribution < -0.4 is 20.9 Å². The number of aliphatic hydroxyl groups is 2. The maximum Gasteiger partial charge on any atom is 0.345 e. The van der Waals surface area contributed by atoms with Gasteiger partial charge in [0, 0.05) is 42.2 Å². The Morgan fingerprint density at radius 3 is 2.38 bits per heavy atom. The molecule has 1 saturated heterocycles. The first-order valence-corrected chi connectivity index (χ1v) is 16.7. The largest absolute Gasteiger partial charge is 0.506 e. The van der Waals surface area contributed by atoms with E-state index in [0.717, 1.165) is 5.56 Å². The van der Waals surface area contributed by atoms with Gasteiger partial charge >= 0.3 is 5.97 Å². The quantitative estimate of drug-likeness (QED) is 0.0842. The van der Waals surface area contributed by atoms with Gasteiger partial charge in [0.2, 0.25) is 11.2 Å². The zero-order valence-corrected chi connectivity index (χ0v) is 28.0. The number of aromatic amines is 1. The van der Waals surface area contributed by atoms with E-state index in [1.165, 1.54) is 36.4 Å². The Morgan fingerprint density at radius 2 is 1.65 bits per heavy atom. The van der Waals surface area contributed by atoms with Crippen LogP contribution in [0.4, 0.5) is 0 Å². The second-order valence-corrected chi connectivity index (χ2v) is 12.6. The van der Waals surface area contributed by atoms with Crippen LogP contribution in [0, 0.1) is 0 Å². The number of carbonyl (C=O) groups excluding carboxylic acids is 2. The minimum Gasteiger partial charge on any atom is -0.506 e. The molecule has 13 heteroatoms. The minimum absolute atomic E-state index is 0.0679. The molecule has 1 aliphatic rings. The number of H-pyrrole nitrogens is 1. The van der Waals surface area contributed by atoms with Gasteiger partial charge in [-0.2, -0.15) is 0 Å². The molecule has 7 N–H and O–H groups in total. The standard InChI is InChI=1S/C39H38N4O9/c44-32-15-13-30(31-14-16-34(46)42-36(31)32)33(45)20-40-18-17-24-9-11-25(12-10-24)37(48)43-21-28(22-43)41-35(47)23-52-29-8-4-7-27(19-29)39(51,38(49)50)26-5-2-1-3-6-26/h1-16,19,28,33,40,44-45,51H,17-18,20-23H2,(H,41,47)(H,42,46)(H,49,50). The van der Waals surface area contributed by atoms with Gasteiger partial charge < -0.3 is 45.7 Å². The van der Waals surface area contributed by atoms with E-state index in [0.29, 0.717) is 42.6 Å². The molecule has 0 spiro atoms. The number of aromatic nitrogens is 1. The summed E-state index contributed by atoms with van der Waals surface area (Å²) in [5, 5.41) is 48.4. The van der Waals surface area contributed by atoms with Crippen LogP contribution in [0.1, 0.15) is 38.7 Å². The average molecular weight is 707 g/mol. The first kappa shape index (κ1) is 35.8. The predicted molar refractivity (Wildman–Crippen MR) is 191 cm³/mol. The zero-order chi connectivity index (χ0) is 36.8. The van der Waals surface area contributed by atoms with Crippen LogP contribution in [0.15, 0.2) is 108 Å². The molecule has 13 nitrogen and oxygen atoms in total. The normalized spacial score (nSPS) is 14.6. The molecule has 0 bridgehead atoms. The zero-order valence-electron chi connectivity index (χ0n) is 28.0. The van der Waals surface area contributed by atoms with Gasteiger partial charge in [-0.1, -0.05) is 60.7 Å². The van der Waals surface area contributed by atoms with Crippen LogP contribution in [-0.2, 0) is 21.6 Å². The van der Waals surface area contributed by atoms with Crippen molar-refractivity contribution in [3.63, 3.8) is 0 Å². The summed E-state index contributed by atoms with van der Waals surface area (Å²) >= 11 is 0. The van der Waals surface area contributed by atoms with E-state index in [1.807, 2.05) is 12.1 Å². The van der Waals surface area contributed by atoms with Crippen LogP contribution >= 0.6 is 0 Å². The molecule has 2 amide bonds. The third kappa shape index (κ3) is 7.81. The molecule has 5 aromatic rings. The molecule has 2 atom stereocenters. The fourth-order valence-corrected chi connectivity index (χ4v) is 6.19. The number of carboxylic acid groups (broad SMARTS) is 1. The highest BCUT2D eigenvalue weighted by atomic mass is 16.5. The van der Waals surface area contributed by atoms with Gasteiger partial charge in [0.25, 0.3) is 11.8 Å². The number of phenolic OH excluding ortho intramolecular Hbond substituents is 1. The number of rotatable bonds is 14. The number of nitrogens with zero attached hydrogens (tertiary/aromatic N) is 1. The highest BCUT2D eigenvalue weighted by molar-refractivity contribution is 5.95. The van der Waals surface area contributed by atoms with Crippen molar-refractivity contribution >= 4 is 28.7 Å². The Balaban J connectivity index is 0.922. The summed E-state index contributed by atoms with van der Waals surface area (Å²) in [5.74, 6) is -1.86. The van der Waals surface area contributed by atoms with Crippen molar-refractivity contribution < 1.29 is 39.5 Å². The summed E-state index contributed by atoms with van der Waals surface area (Å²) in [6, 6.07) is 27.0. The Bertz CT molecular complexity index is 2130. The van der Waals surface area contributed by atoms with Crippen LogP contribution in [0.5, 0.6) is 11.5 Å². The SMILES string of the molecule is O=C(COc1cccc(C(O)(C(=O)O)c2ccccc2)c1)NC1CN(C(=O)c2ccc(CCNCC(O)c3ccc(O)c4[nH]c(=O)ccc34)cc2)C1. The number of phenols is 1. The monoisotopic (exact) mass is 706 g/mol. The number of carbonyl (C=O) groups is 3. The number of aliphatic hydroxyl groups excluding tert-OH is 1. The van der Waals surface area contributed by atoms with Crippen molar-refractivity contribution in [2.24, 2.45) is 0 Å². The lowest BCUT2D eigenvalue weighted by Gasteiger charge is -2.39. The molecule has 1 aromatic heterocycles. The van der Waals surface area contributed by atoms with E-state index in [2.05, 4.69) is 15.6 Å². The molecule has 0 saturated carbocycles. The maximum atomic E-state index is 13.0. The third-order valence-corrected chi connectivity index (χ3v) is 9.05. The molecule has 268 valence electrons. The number of hydrogen-bond acceptors (Lipinski definition) is 9. The summed E-state index contributed by atoms with van der Waals surface area (Å²) in [4.78, 5) is 53.5. The van der Waals surface area contributed by atoms with E-state index in [-0.39, 0.29) is 58.8 Å². The molecule has 52 heavy (non-hydrogen) atoms. The van der Waals surface area contributed by atoms with Gasteiger partial charge in [0.15, 0.2) is 6.61 Å². The molecule has 6 rings (SSSR count). The number of carboxylic acids is 1. The molecule has 2 unspecified atom stereocenters. The lowest BCUT2D eigenvalue weighted by Crippen LogP contribution is -2.61. The smallest absolute Gasteiger partial charge is 0.345 e. The average Bonchev–Trinajstić information content (AvgIpc) is 3.14. The first-order chi connectivity index (χ1) is 25.0. The molecule has 1 aliphatic heterocycles. The number of aromatic hydroxyl groups is 1. The second kappa shape index (κ2) is 15.5. The van der Waals surface area contributed by atoms with E-state index < -0.39 is 23.6 Å². The van der Waals surface area contributed by atoms with Crippen molar-refractivity contribution in [1.29, 1.82) is 0 Å². The van der Waals surface area contributed by atoms with Gasteiger partial charge in [0.1, 0.15) is 11.5 Å². The Hall–Kier alpha value is -6.02. The maximum absolute atomic E-state index is 13.0. The van der Waals surface area contributed by atoms with Crippen molar-refractivity contribution in [3.05, 3.63) is 141 Å². The van der Waals surface area contributed by atoms with Gasteiger partial charge in [-0.3, -0.25) is 14.4 Å². The second-order valence-electron chi connectivity index (χ2n) is 12.6. The number of pyridine rings is 1. The van der Waals surface area contributed by atoms with Crippen molar-refractivity contribution in [1.82, 2.24) is 20.5 Å². The van der Waals surface area contributed by atoms with Gasteiger partial charge in [-0.15, -0.1) is 0 Å². The highest BCUT2D eigenvalue weighted by Gasteiger charge is 2.40. The first-order valence-electron chi connectivity index (χ1n) is 16.7. The van der Waals surface area contributed by atoms with Crippen LogP contribution in [0.2, 0.25) is 0 Å². The lowest BCUT2D eigenvalue weighted by molar-refractivity contribution is -0.155. The van der Waals surface area contributed by atoms with E-state index in [4.69, 9.17) is 4.74 Å². The number of likely N-dealkylation sites (tertiary alicyclic amines) is 1. The van der Waals surface area contributed by atoms with Crippen LogP contribution in [-0.4, -0.2) is 86.9 Å². The number of amides is 2. The molecule has 2 heterocycles. The van der Waals surface area contributed by atoms with Gasteiger partial charge in [0.05, 0.1) is 17.7 Å². The Kier molecular flexibility index (Phi) is 10.7. The lowest BCUT2D eigenvalue weighted by atomic mass is 9.86. The van der Waals surface area contributed by atoms with Crippen molar-refractivity contribution in [2.45, 2.75) is 24.2 Å². The minimum atomic E-state index is -2.30. The third-order valence-electron chi connectivity index (χ3n) is 9.05. The van der Waals surface area contributed by atoms with Gasteiger partial charge in [-0.05, 0) is 66.1 Å². The predicted octanol–water partition coefficient (Wildman–Crippen LogP) is 2.44. The number of nitrogens with one attached hydrogen (secondary N) is 3. The number of fused-ring (bicyclic) bond motifs is 1. The number of ether oxygens (including phenoxy) is 1. The topological polar surface area (TPSA) is 202 Å². The molecule has 4 aromatic carbocycles. The fraction of sp³-hybridized carbons (Fsp3) is 0.231. The number of hydrogen-bond donors (Lipinski definition) is 7. The summed E-state index contributed by atoms with van der Waals surface area (Å²) in [7, 11) is 0. The van der Waals surface area contributed by atoms with Crippen molar-refractivity contribution in [3.8, 4) is 11.5 Å². The highest BCUT2D eigenvalue weighted by Crippen LogP contribution is 2.32. The fourth-order valence-electron chi connectivity index (χ4n) is 6.19. The number of benzene rings is 4. The van der Waals surface area contributed by atoms with Gasteiger partial charge in [-0.25, -0.2) is 4.79 Å². The molecule has 0 aliphatic carbocycles. The molecular formula is C39H38N4O9. The van der Waals surface area contributed by atoms with E-state index >= 15 is 0 Å². The van der Waals surface area contributed by atoms with Crippen molar-refractivity contribution in [2.75, 3.05) is 32.8 Å². The molecule has 0 radical (unpaired) electrons. The summed E-state index contributed by atoms with van der Waals surface area (Å²) in [6.45, 7) is 1.16. The Labute approximate surface area is 298 Å². The van der Waals surface area contributed by atoms with E-state index in [9.17, 15) is 39.6 Å². The Morgan fingerprint density at radius 1 is 0.923 bits per heavy atom. The summed E-state index contributed by atoms with van der Waals surface area (Å²) < 4.78 is 5.60. The summed E-state index contributed by atoms with van der Waals surface area (Å²) in [6.07, 6.45) is -0.208. The number of aliphatic carboxylic acids is 1. The van der Waals surface area contributed by atoms with E-state index in [1.54, 1.807) is 59.5 Å². The molecule has 1 fully saturated rings. The molecular weight excluding hydrogens is 668 g/mol. The van der Waals surface area contributed by atoms with Crippen LogP contribution in [0.3, 0.4) is 0 Å².